The molecular weight excluding hydrogens is 1570 g/mol. The maximum atomic E-state index is 16.2. The van der Waals surface area contributed by atoms with Gasteiger partial charge in [-0.15, -0.1) is 0 Å². The van der Waals surface area contributed by atoms with Crippen molar-refractivity contribution in [1.29, 1.82) is 0 Å². The Morgan fingerprint density at radius 3 is 1.64 bits per heavy atom. The lowest BCUT2D eigenvalue weighted by Gasteiger charge is -2.53. The van der Waals surface area contributed by atoms with E-state index in [1.807, 2.05) is 40.9 Å². The summed E-state index contributed by atoms with van der Waals surface area (Å²) in [7, 11) is -12.9. The highest BCUT2D eigenvalue weighted by Gasteiger charge is 2.69. The molecule has 0 unspecified atom stereocenters. The lowest BCUT2D eigenvalue weighted by atomic mass is 9.72. The van der Waals surface area contributed by atoms with Crippen molar-refractivity contribution in [2.45, 2.75) is 419 Å². The number of phosphoric acid groups is 1. The lowest BCUT2D eigenvalue weighted by Crippen LogP contribution is -2.62. The fraction of sp³-hybridized carbons (Fsp3) is 0.919. The fourth-order valence-electron chi connectivity index (χ4n) is 14.9. The summed E-state index contributed by atoms with van der Waals surface area (Å²) in [5, 5.41) is 2.87. The highest BCUT2D eigenvalue weighted by Crippen LogP contribution is 2.63. The number of nitrogens with zero attached hydrogens (tertiary/aromatic N) is 2. The van der Waals surface area contributed by atoms with Crippen LogP contribution in [0.15, 0.2) is 16.8 Å². The molecule has 1 amide bonds. The van der Waals surface area contributed by atoms with E-state index in [4.69, 9.17) is 68.8 Å². The highest BCUT2D eigenvalue weighted by molar-refractivity contribution is 7.48. The second-order valence-electron chi connectivity index (χ2n) is 43.6. The quantitative estimate of drug-likeness (QED) is 0.0365. The Morgan fingerprint density at radius 2 is 1.19 bits per heavy atom. The minimum atomic E-state index is -4.40. The first-order chi connectivity index (χ1) is 51.7. The second kappa shape index (κ2) is 42.7. The predicted octanol–water partition coefficient (Wildman–Crippen LogP) is 23.0. The molecule has 28 heteroatoms. The first kappa shape index (κ1) is 107. The Labute approximate surface area is 705 Å². The van der Waals surface area contributed by atoms with Crippen LogP contribution in [-0.4, -0.2) is 208 Å². The number of rotatable bonds is 48. The molecular formula is C86H176N3O17PSi7. The van der Waals surface area contributed by atoms with Gasteiger partial charge in [0.25, 0.3) is 5.91 Å². The summed E-state index contributed by atoms with van der Waals surface area (Å²) in [6.45, 7) is 85.5. The minimum absolute atomic E-state index is 0.132. The van der Waals surface area contributed by atoms with Crippen molar-refractivity contribution in [2.75, 3.05) is 61.3 Å². The number of hydrogen-bond acceptors (Lipinski definition) is 19. The SMILES string of the molecule is CC[Si](CC)(O[C@H]([C@@H](COC)N(C)C)[C@@H](O[Si](CC)(CC)C(C)C)C(=O)NCC[C@@H](C)c1nc(/C=C/C[C@H]2O[C@@]3(C[C@H](O[Si](C)(C)C(C)(C)C)[C@H]2C)O[C@@H]([C@@H](C[C@@H](O[Si](C)(C)C(C)(C)C)[C@@H](C)[C@@H](O[Si](C)(C)C(C)(C)C)[C@@H](C)COC(=O)C(C)(C)C)OC)[C@@H](OP(=O)(OCC[Si](C)(C)C)OCC[Si](C)(C)C)C3(C)C)co1)C(C)C. The molecule has 2 aliphatic rings. The van der Waals surface area contributed by atoms with Gasteiger partial charge in [0.1, 0.15) is 24.2 Å². The van der Waals surface area contributed by atoms with E-state index >= 15 is 9.36 Å². The Morgan fingerprint density at radius 1 is 0.693 bits per heavy atom. The van der Waals surface area contributed by atoms with Gasteiger partial charge in [0.05, 0.1) is 74.5 Å². The number of ether oxygens (including phenoxy) is 5. The number of aromatic nitrogens is 1. The van der Waals surface area contributed by atoms with Gasteiger partial charge < -0.3 is 60.4 Å². The molecule has 114 heavy (non-hydrogen) atoms. The van der Waals surface area contributed by atoms with Crippen LogP contribution in [0.2, 0.25) is 141 Å². The average Bonchev–Trinajstić information content (AvgIpc) is 1.55. The van der Waals surface area contributed by atoms with Crippen LogP contribution in [0.1, 0.15) is 223 Å². The second-order valence-corrected chi connectivity index (χ2v) is 80.6. The molecule has 670 valence electrons. The number of amides is 1. The topological polar surface area (TPSA) is 212 Å². The zero-order valence-corrected chi connectivity index (χ0v) is 88.8. The predicted molar refractivity (Wildman–Crippen MR) is 490 cm³/mol. The molecule has 3 rings (SSSR count). The number of likely N-dealkylation sites (N-methyl/N-ethyl adjacent to an activating group) is 1. The summed E-state index contributed by atoms with van der Waals surface area (Å²) in [6, 6.07) is 4.84. The van der Waals surface area contributed by atoms with Crippen LogP contribution in [0.3, 0.4) is 0 Å². The number of carbonyl (C=O) groups excluding carboxylic acids is 2. The Bertz CT molecular complexity index is 3120. The van der Waals surface area contributed by atoms with Crippen LogP contribution in [0.4, 0.5) is 0 Å². The van der Waals surface area contributed by atoms with Crippen molar-refractivity contribution in [3.05, 3.63) is 23.9 Å². The Balaban J connectivity index is 2.36. The summed E-state index contributed by atoms with van der Waals surface area (Å²) in [5.74, 6) is -2.10. The first-order valence-electron chi connectivity index (χ1n) is 43.8. The van der Waals surface area contributed by atoms with E-state index < -0.39 is 131 Å². The maximum absolute atomic E-state index is 16.2. The zero-order chi connectivity index (χ0) is 88.2. The van der Waals surface area contributed by atoms with Crippen molar-refractivity contribution in [2.24, 2.45) is 28.6 Å². The van der Waals surface area contributed by atoms with Gasteiger partial charge in [0.15, 0.2) is 59.4 Å². The minimum Gasteiger partial charge on any atom is -0.465 e. The monoisotopic (exact) mass is 1750 g/mol. The molecule has 0 bridgehead atoms. The van der Waals surface area contributed by atoms with Gasteiger partial charge in [-0.3, -0.25) is 23.2 Å². The van der Waals surface area contributed by atoms with Crippen molar-refractivity contribution in [1.82, 2.24) is 15.2 Å². The molecule has 1 N–H and O–H groups in total. The molecule has 0 aliphatic carbocycles. The van der Waals surface area contributed by atoms with Gasteiger partial charge in [-0.25, -0.2) is 9.55 Å². The average molecular weight is 1750 g/mol. The number of oxazole rings is 1. The summed E-state index contributed by atoms with van der Waals surface area (Å²) >= 11 is 0. The molecule has 2 fully saturated rings. The molecule has 15 atom stereocenters. The third kappa shape index (κ3) is 29.1. The normalized spacial score (nSPS) is 22.9. The molecule has 2 saturated heterocycles. The van der Waals surface area contributed by atoms with E-state index in [0.29, 0.717) is 56.0 Å². The maximum Gasteiger partial charge on any atom is 0.475 e. The van der Waals surface area contributed by atoms with Crippen LogP contribution >= 0.6 is 7.82 Å². The summed E-state index contributed by atoms with van der Waals surface area (Å²) < 4.78 is 116. The van der Waals surface area contributed by atoms with Gasteiger partial charge >= 0.3 is 13.8 Å². The molecule has 0 saturated carbocycles. The van der Waals surface area contributed by atoms with Gasteiger partial charge in [-0.05, 0) is 156 Å². The summed E-state index contributed by atoms with van der Waals surface area (Å²) in [6.07, 6.45) is 1.60. The van der Waals surface area contributed by atoms with Gasteiger partial charge in [-0.1, -0.05) is 205 Å². The highest BCUT2D eigenvalue weighted by atomic mass is 31.2. The van der Waals surface area contributed by atoms with Crippen molar-refractivity contribution < 1.29 is 78.0 Å². The summed E-state index contributed by atoms with van der Waals surface area (Å²) in [4.78, 5) is 36.0. The van der Waals surface area contributed by atoms with Crippen LogP contribution in [0.25, 0.3) is 6.08 Å². The largest absolute Gasteiger partial charge is 0.475 e. The molecule has 0 radical (unpaired) electrons. The van der Waals surface area contributed by atoms with Crippen LogP contribution < -0.4 is 5.32 Å². The lowest BCUT2D eigenvalue weighted by molar-refractivity contribution is -0.333. The summed E-state index contributed by atoms with van der Waals surface area (Å²) in [5.41, 5.74) is -0.537. The molecule has 2 aliphatic heterocycles. The van der Waals surface area contributed by atoms with E-state index in [2.05, 4.69) is 254 Å². The Hall–Kier alpha value is -0.882. The van der Waals surface area contributed by atoms with E-state index in [-0.39, 0.29) is 88.2 Å². The number of carbonyl (C=O) groups is 2. The van der Waals surface area contributed by atoms with Crippen LogP contribution in [0.5, 0.6) is 0 Å². The Kier molecular flexibility index (Phi) is 40.2. The van der Waals surface area contributed by atoms with Crippen molar-refractivity contribution in [3.8, 4) is 0 Å². The van der Waals surface area contributed by atoms with Crippen molar-refractivity contribution >= 4 is 83.5 Å². The third-order valence-electron chi connectivity index (χ3n) is 27.0. The van der Waals surface area contributed by atoms with E-state index in [1.165, 1.54) is 0 Å². The number of esters is 1. The molecule has 1 spiro atoms. The fourth-order valence-corrected chi connectivity index (χ4v) is 29.5. The van der Waals surface area contributed by atoms with Crippen LogP contribution in [0, 0.1) is 28.6 Å². The molecule has 1 aromatic heterocycles. The van der Waals surface area contributed by atoms with Gasteiger partial charge in [0, 0.05) is 78.8 Å². The first-order valence-corrected chi connectivity index (χ1v) is 66.2. The van der Waals surface area contributed by atoms with Crippen LogP contribution in [-0.2, 0) is 73.5 Å². The van der Waals surface area contributed by atoms with Gasteiger partial charge in [0.2, 0.25) is 0 Å². The third-order valence-corrected chi connectivity index (χ3v) is 55.9. The number of nitrogens with one attached hydrogen (secondary N) is 1. The molecule has 20 nitrogen and oxygen atoms in total. The van der Waals surface area contributed by atoms with E-state index in [1.54, 1.807) is 20.5 Å². The smallest absolute Gasteiger partial charge is 0.465 e. The number of methoxy groups -OCH3 is 2. The number of hydrogen-bond donors (Lipinski definition) is 1. The van der Waals surface area contributed by atoms with E-state index in [9.17, 15) is 4.79 Å². The molecule has 3 heterocycles. The number of phosphoric ester groups is 1. The van der Waals surface area contributed by atoms with Crippen molar-refractivity contribution in [3.63, 3.8) is 0 Å². The van der Waals surface area contributed by atoms with E-state index in [0.717, 1.165) is 36.3 Å². The zero-order valence-electron chi connectivity index (χ0n) is 80.9. The molecule has 1 aromatic rings. The standard InChI is InChI=1S/C86H176N3O17PSi7/c1-43-113(44-2,61(5)6)105-74(68(60-93-29)89(27)28)76(106-114(45-3,46-4)62(7)8)78(90)87-51-50-63(9)79-88-67(59-95-79)48-47-49-69-65(11)72(103-111(39,40)83(19,20)21)57-86(99-69)85(25,26)77(101-107(92,97-52-54-108(31,32)33)98-53-55-109(34,35)36)75(100-86)71(94-30)56-70(102-110(37,38)82(16,17)18)66(12)73(104-112(41,42)84(22,23)24)64(10)58-96-80(91)81(13,14)15/h47-48,59,61-66,68-77H,43-46,49-58,60H2,1-42H3,(H,87,90)/b48-47+/t63-,64+,65+,66-,68-,69-,70-,71-,72+,73+,74-,75+,76-,77-,86+/m1/s1. The van der Waals surface area contributed by atoms with Gasteiger partial charge in [-0.2, -0.15) is 0 Å². The molecule has 0 aromatic carbocycles.